The summed E-state index contributed by atoms with van der Waals surface area (Å²) in [6, 6.07) is 19.7. The van der Waals surface area contributed by atoms with Crippen LogP contribution in [0, 0.1) is 0 Å². The molecule has 0 amide bonds. The van der Waals surface area contributed by atoms with Crippen molar-refractivity contribution in [3.05, 3.63) is 89.3 Å². The molecule has 0 saturated carbocycles. The number of hydrogen-bond donors (Lipinski definition) is 2. The highest BCUT2D eigenvalue weighted by Crippen LogP contribution is 2.31. The molecular formula is C23H16ClF3N4O2S. The van der Waals surface area contributed by atoms with Crippen molar-refractivity contribution in [3.8, 4) is 23.0 Å². The number of alkyl halides is 3. The second-order valence-corrected chi connectivity index (χ2v) is 7.75. The third-order valence-electron chi connectivity index (χ3n) is 4.40. The molecular weight excluding hydrogens is 489 g/mol. The summed E-state index contributed by atoms with van der Waals surface area (Å²) < 4.78 is 51.2. The van der Waals surface area contributed by atoms with Gasteiger partial charge in [0.05, 0.1) is 6.54 Å². The number of para-hydroxylation sites is 1. The zero-order valence-corrected chi connectivity index (χ0v) is 18.8. The lowest BCUT2D eigenvalue weighted by Crippen LogP contribution is -2.29. The second-order valence-electron chi connectivity index (χ2n) is 6.91. The van der Waals surface area contributed by atoms with E-state index in [9.17, 15) is 13.2 Å². The lowest BCUT2D eigenvalue weighted by molar-refractivity contribution is -0.141. The predicted molar refractivity (Wildman–Crippen MR) is 126 cm³/mol. The Bertz CT molecular complexity index is 1280. The summed E-state index contributed by atoms with van der Waals surface area (Å²) in [6.45, 7) is 0.186. The number of nitrogens with one attached hydrogen (secondary N) is 2. The quantitative estimate of drug-likeness (QED) is 0.283. The van der Waals surface area contributed by atoms with Crippen LogP contribution in [0.2, 0.25) is 5.02 Å². The van der Waals surface area contributed by atoms with Gasteiger partial charge in [0.15, 0.2) is 10.8 Å². The average Bonchev–Trinajstić information content (AvgIpc) is 3.27. The van der Waals surface area contributed by atoms with Crippen molar-refractivity contribution >= 4 is 34.9 Å². The molecule has 2 heterocycles. The van der Waals surface area contributed by atoms with Crippen molar-refractivity contribution in [2.24, 2.45) is 0 Å². The van der Waals surface area contributed by atoms with Crippen molar-refractivity contribution in [2.45, 2.75) is 12.7 Å². The van der Waals surface area contributed by atoms with Crippen LogP contribution in [0.5, 0.6) is 11.6 Å². The third kappa shape index (κ3) is 6.24. The molecule has 0 aliphatic heterocycles. The summed E-state index contributed by atoms with van der Waals surface area (Å²) in [6.07, 6.45) is -4.70. The van der Waals surface area contributed by atoms with E-state index in [1.54, 1.807) is 54.6 Å². The molecule has 174 valence electrons. The molecule has 0 fully saturated rings. The largest absolute Gasteiger partial charge is 0.459 e. The van der Waals surface area contributed by atoms with Crippen LogP contribution >= 0.6 is 23.8 Å². The Balaban J connectivity index is 1.43. The topological polar surface area (TPSA) is 72.2 Å². The van der Waals surface area contributed by atoms with Crippen molar-refractivity contribution in [3.63, 3.8) is 0 Å². The Kier molecular flexibility index (Phi) is 6.99. The van der Waals surface area contributed by atoms with Crippen molar-refractivity contribution in [1.82, 2.24) is 15.3 Å². The highest BCUT2D eigenvalue weighted by atomic mass is 35.5. The molecule has 0 unspecified atom stereocenters. The van der Waals surface area contributed by atoms with Crippen molar-refractivity contribution in [2.75, 3.05) is 5.32 Å². The maximum Gasteiger partial charge on any atom is 0.433 e. The van der Waals surface area contributed by atoms with Gasteiger partial charge >= 0.3 is 6.18 Å². The molecule has 2 aromatic heterocycles. The highest BCUT2D eigenvalue weighted by molar-refractivity contribution is 7.80. The Hall–Kier alpha value is -3.63. The van der Waals surface area contributed by atoms with E-state index >= 15 is 0 Å². The fraction of sp³-hybridized carbons (Fsp3) is 0.0870. The van der Waals surface area contributed by atoms with Crippen LogP contribution in [0.25, 0.3) is 11.3 Å². The van der Waals surface area contributed by atoms with Gasteiger partial charge in [-0.2, -0.15) is 18.2 Å². The summed E-state index contributed by atoms with van der Waals surface area (Å²) in [7, 11) is 0. The minimum atomic E-state index is -4.70. The van der Waals surface area contributed by atoms with E-state index in [2.05, 4.69) is 20.6 Å². The fourth-order valence-electron chi connectivity index (χ4n) is 2.84. The number of nitrogens with zero attached hydrogens (tertiary/aromatic N) is 2. The zero-order chi connectivity index (χ0) is 24.1. The van der Waals surface area contributed by atoms with Gasteiger partial charge in [0.1, 0.15) is 17.3 Å². The van der Waals surface area contributed by atoms with Gasteiger partial charge in [0.25, 0.3) is 0 Å². The Morgan fingerprint density at radius 1 is 1.00 bits per heavy atom. The van der Waals surface area contributed by atoms with Crippen molar-refractivity contribution < 1.29 is 22.3 Å². The van der Waals surface area contributed by atoms with Crippen LogP contribution in [-0.4, -0.2) is 15.1 Å². The third-order valence-corrected chi connectivity index (χ3v) is 4.90. The van der Waals surface area contributed by atoms with Crippen LogP contribution in [0.3, 0.4) is 0 Å². The molecule has 4 aromatic rings. The van der Waals surface area contributed by atoms with Crippen LogP contribution in [0.1, 0.15) is 11.5 Å². The summed E-state index contributed by atoms with van der Waals surface area (Å²) in [4.78, 5) is 7.49. The van der Waals surface area contributed by atoms with Gasteiger partial charge in [-0.3, -0.25) is 0 Å². The fourth-order valence-corrected chi connectivity index (χ4v) is 3.13. The van der Waals surface area contributed by atoms with Gasteiger partial charge in [0, 0.05) is 16.7 Å². The lowest BCUT2D eigenvalue weighted by atomic mass is 10.2. The van der Waals surface area contributed by atoms with Gasteiger partial charge in [-0.25, -0.2) is 4.98 Å². The lowest BCUT2D eigenvalue weighted by Gasteiger charge is -2.13. The number of halogens is 4. The molecule has 2 aromatic carbocycles. The minimum Gasteiger partial charge on any atom is -0.459 e. The molecule has 34 heavy (non-hydrogen) atoms. The molecule has 6 nitrogen and oxygen atoms in total. The summed E-state index contributed by atoms with van der Waals surface area (Å²) in [5, 5.41) is 6.03. The Labute approximate surface area is 202 Å². The highest BCUT2D eigenvalue weighted by Gasteiger charge is 2.34. The molecule has 0 atom stereocenters. The first-order chi connectivity index (χ1) is 16.3. The Morgan fingerprint density at radius 3 is 2.44 bits per heavy atom. The van der Waals surface area contributed by atoms with Gasteiger partial charge in [-0.05, 0) is 60.7 Å². The molecule has 0 aliphatic carbocycles. The summed E-state index contributed by atoms with van der Waals surface area (Å²) in [5.74, 6) is 0.885. The number of anilines is 1. The monoisotopic (exact) mass is 504 g/mol. The number of benzene rings is 2. The number of furan rings is 1. The van der Waals surface area contributed by atoms with Gasteiger partial charge in [-0.15, -0.1) is 0 Å². The molecule has 0 bridgehead atoms. The number of ether oxygens (including phenoxy) is 1. The molecule has 11 heteroatoms. The van der Waals surface area contributed by atoms with Crippen LogP contribution in [-0.2, 0) is 12.7 Å². The number of thiocarbonyl (C=S) groups is 1. The molecule has 0 radical (unpaired) electrons. The van der Waals surface area contributed by atoms with E-state index in [0.29, 0.717) is 22.3 Å². The first kappa shape index (κ1) is 23.5. The first-order valence-corrected chi connectivity index (χ1v) is 10.6. The number of rotatable bonds is 6. The molecule has 2 N–H and O–H groups in total. The van der Waals surface area contributed by atoms with E-state index in [-0.39, 0.29) is 23.5 Å². The number of aromatic nitrogens is 2. The SMILES string of the molecule is FC(F)(F)c1cc(Oc2ccccc2)nc(NC(=S)NCc2ccc(-c3ccc(Cl)cc3)o2)n1. The zero-order valence-electron chi connectivity index (χ0n) is 17.3. The maximum absolute atomic E-state index is 13.3. The molecule has 0 spiro atoms. The molecule has 4 rings (SSSR count). The summed E-state index contributed by atoms with van der Waals surface area (Å²) >= 11 is 11.1. The van der Waals surface area contributed by atoms with Gasteiger partial charge in [0.2, 0.25) is 11.8 Å². The smallest absolute Gasteiger partial charge is 0.433 e. The maximum atomic E-state index is 13.3. The summed E-state index contributed by atoms with van der Waals surface area (Å²) in [5.41, 5.74) is -0.322. The Morgan fingerprint density at radius 2 is 1.74 bits per heavy atom. The standard InChI is InChI=1S/C23H16ClF3N4O2S/c24-15-8-6-14(7-9-15)18-11-10-17(32-18)13-28-22(34)31-21-29-19(23(25,26)27)12-20(30-21)33-16-4-2-1-3-5-16/h1-12H,13H2,(H2,28,29,30,31,34). The van der Waals surface area contributed by atoms with Crippen LogP contribution < -0.4 is 15.4 Å². The van der Waals surface area contributed by atoms with E-state index in [1.807, 2.05) is 12.1 Å². The van der Waals surface area contributed by atoms with E-state index in [4.69, 9.17) is 33.0 Å². The molecule has 0 saturated heterocycles. The van der Waals surface area contributed by atoms with Gasteiger partial charge < -0.3 is 19.8 Å². The second kappa shape index (κ2) is 10.1. The number of hydrogen-bond acceptors (Lipinski definition) is 5. The van der Waals surface area contributed by atoms with Gasteiger partial charge in [-0.1, -0.05) is 29.8 Å². The van der Waals surface area contributed by atoms with E-state index in [0.717, 1.165) is 11.6 Å². The first-order valence-electron chi connectivity index (χ1n) is 9.85. The van der Waals surface area contributed by atoms with E-state index < -0.39 is 11.9 Å². The van der Waals surface area contributed by atoms with Crippen LogP contribution in [0.4, 0.5) is 19.1 Å². The minimum absolute atomic E-state index is 0.00873. The predicted octanol–water partition coefficient (Wildman–Crippen LogP) is 6.69. The van der Waals surface area contributed by atoms with E-state index in [1.165, 1.54) is 0 Å². The average molecular weight is 505 g/mol. The van der Waals surface area contributed by atoms with Crippen LogP contribution in [0.15, 0.2) is 77.2 Å². The molecule has 0 aliphatic rings. The van der Waals surface area contributed by atoms with Crippen molar-refractivity contribution in [1.29, 1.82) is 0 Å². The normalized spacial score (nSPS) is 11.2.